The van der Waals surface area contributed by atoms with Gasteiger partial charge in [-0.15, -0.1) is 0 Å². The highest BCUT2D eigenvalue weighted by molar-refractivity contribution is 5.86. The van der Waals surface area contributed by atoms with Crippen LogP contribution in [0.5, 0.6) is 11.5 Å². The van der Waals surface area contributed by atoms with Crippen molar-refractivity contribution in [3.63, 3.8) is 0 Å². The Morgan fingerprint density at radius 1 is 1.28 bits per heavy atom. The number of amides is 1. The Morgan fingerprint density at radius 3 is 2.64 bits per heavy atom. The van der Waals surface area contributed by atoms with Gasteiger partial charge in [-0.25, -0.2) is 15.1 Å². The summed E-state index contributed by atoms with van der Waals surface area (Å²) >= 11 is 0. The van der Waals surface area contributed by atoms with E-state index in [-0.39, 0.29) is 0 Å². The number of hydroxylamine groups is 1. The molecular weight excluding hydrogens is 320 g/mol. The third-order valence-electron chi connectivity index (χ3n) is 4.27. The van der Waals surface area contributed by atoms with Crippen molar-refractivity contribution in [3.8, 4) is 11.5 Å². The number of carbonyl (C=O) groups is 1. The number of ether oxygens (including phenoxy) is 1. The summed E-state index contributed by atoms with van der Waals surface area (Å²) in [6.45, 7) is 6.21. The molecule has 0 aliphatic rings. The highest BCUT2D eigenvalue weighted by Gasteiger charge is 2.29. The molecule has 1 amide bonds. The van der Waals surface area contributed by atoms with Crippen LogP contribution >= 0.6 is 0 Å². The summed E-state index contributed by atoms with van der Waals surface area (Å²) in [5.74, 6) is 0.842. The van der Waals surface area contributed by atoms with E-state index in [1.165, 1.54) is 0 Å². The molecule has 7 heteroatoms. The van der Waals surface area contributed by atoms with Gasteiger partial charge >= 0.3 is 0 Å². The average Bonchev–Trinajstić information content (AvgIpc) is 3.05. The molecule has 25 heavy (non-hydrogen) atoms. The molecule has 1 aromatic carbocycles. The van der Waals surface area contributed by atoms with E-state index in [1.54, 1.807) is 66.7 Å². The maximum atomic E-state index is 11.8. The smallest absolute Gasteiger partial charge is 0.253 e. The molecule has 2 heterocycles. The number of rotatable bonds is 5. The van der Waals surface area contributed by atoms with Crippen molar-refractivity contribution < 1.29 is 14.7 Å². The van der Waals surface area contributed by atoms with E-state index in [2.05, 4.69) is 10.1 Å². The zero-order valence-corrected chi connectivity index (χ0v) is 14.4. The van der Waals surface area contributed by atoms with E-state index >= 15 is 0 Å². The van der Waals surface area contributed by atoms with E-state index in [4.69, 9.17) is 9.94 Å². The van der Waals surface area contributed by atoms with Gasteiger partial charge in [0.1, 0.15) is 11.5 Å². The maximum Gasteiger partial charge on any atom is 0.253 e. The summed E-state index contributed by atoms with van der Waals surface area (Å²) in [7, 11) is 0. The van der Waals surface area contributed by atoms with Crippen molar-refractivity contribution in [2.75, 3.05) is 0 Å². The van der Waals surface area contributed by atoms with Crippen LogP contribution in [-0.2, 0) is 16.8 Å². The minimum absolute atomic E-state index is 0.469. The Bertz CT molecular complexity index is 900. The van der Waals surface area contributed by atoms with Crippen LogP contribution in [0.15, 0.2) is 42.7 Å². The Kier molecular flexibility index (Phi) is 4.41. The van der Waals surface area contributed by atoms with E-state index in [0.29, 0.717) is 11.5 Å². The zero-order valence-electron chi connectivity index (χ0n) is 14.4. The number of aryl methyl sites for hydroxylation is 1. The van der Waals surface area contributed by atoms with Crippen LogP contribution in [0.1, 0.15) is 26.3 Å². The molecule has 130 valence electrons. The molecule has 0 spiro atoms. The van der Waals surface area contributed by atoms with Crippen molar-refractivity contribution in [2.45, 2.75) is 32.7 Å². The molecule has 2 N–H and O–H groups in total. The molecule has 0 fully saturated rings. The second kappa shape index (κ2) is 6.52. The summed E-state index contributed by atoms with van der Waals surface area (Å²) in [6, 6.07) is 8.98. The van der Waals surface area contributed by atoms with Crippen LogP contribution < -0.4 is 10.2 Å². The molecule has 0 radical (unpaired) electrons. The molecule has 3 aromatic rings. The largest absolute Gasteiger partial charge is 0.456 e. The molecule has 0 saturated carbocycles. The van der Waals surface area contributed by atoms with Gasteiger partial charge < -0.3 is 4.74 Å². The molecule has 7 nitrogen and oxygen atoms in total. The van der Waals surface area contributed by atoms with E-state index in [9.17, 15) is 4.79 Å². The quantitative estimate of drug-likeness (QED) is 0.550. The monoisotopic (exact) mass is 340 g/mol. The Hall–Kier alpha value is -2.93. The van der Waals surface area contributed by atoms with Gasteiger partial charge in [0.15, 0.2) is 5.65 Å². The SMILES string of the molecule is CCn1ncc2c(Oc3ccc(C(C)(C)C(=O)NO)cc3)ccnc21. The van der Waals surface area contributed by atoms with Crippen LogP contribution in [0.4, 0.5) is 0 Å². The van der Waals surface area contributed by atoms with Gasteiger partial charge in [-0.1, -0.05) is 12.1 Å². The number of benzene rings is 1. The van der Waals surface area contributed by atoms with Gasteiger partial charge in [0.2, 0.25) is 0 Å². The molecular formula is C18H20N4O3. The van der Waals surface area contributed by atoms with Crippen molar-refractivity contribution in [1.29, 1.82) is 0 Å². The minimum atomic E-state index is -0.848. The number of hydrogen-bond acceptors (Lipinski definition) is 5. The summed E-state index contributed by atoms with van der Waals surface area (Å²) < 4.78 is 7.77. The number of aromatic nitrogens is 3. The van der Waals surface area contributed by atoms with Crippen LogP contribution in [0, 0.1) is 0 Å². The second-order valence-corrected chi connectivity index (χ2v) is 6.20. The second-order valence-electron chi connectivity index (χ2n) is 6.20. The summed E-state index contributed by atoms with van der Waals surface area (Å²) in [5, 5.41) is 14.0. The van der Waals surface area contributed by atoms with Crippen molar-refractivity contribution in [3.05, 3.63) is 48.3 Å². The number of fused-ring (bicyclic) bond motifs is 1. The van der Waals surface area contributed by atoms with E-state index in [0.717, 1.165) is 23.1 Å². The van der Waals surface area contributed by atoms with Crippen LogP contribution in [0.3, 0.4) is 0 Å². The maximum absolute atomic E-state index is 11.8. The van der Waals surface area contributed by atoms with Gasteiger partial charge in [-0.3, -0.25) is 10.0 Å². The van der Waals surface area contributed by atoms with Gasteiger partial charge in [-0.05, 0) is 44.5 Å². The van der Waals surface area contributed by atoms with Crippen molar-refractivity contribution in [2.24, 2.45) is 0 Å². The lowest BCUT2D eigenvalue weighted by Gasteiger charge is -2.22. The fraction of sp³-hybridized carbons (Fsp3) is 0.278. The van der Waals surface area contributed by atoms with Gasteiger partial charge in [0, 0.05) is 12.7 Å². The molecule has 0 atom stereocenters. The molecule has 2 aromatic heterocycles. The normalized spacial score (nSPS) is 11.5. The van der Waals surface area contributed by atoms with Crippen LogP contribution in [-0.4, -0.2) is 25.9 Å². The molecule has 0 bridgehead atoms. The average molecular weight is 340 g/mol. The lowest BCUT2D eigenvalue weighted by molar-refractivity contribution is -0.134. The first-order chi connectivity index (χ1) is 12.0. The van der Waals surface area contributed by atoms with Gasteiger partial charge in [-0.2, -0.15) is 5.10 Å². The Labute approximate surface area is 145 Å². The fourth-order valence-electron chi connectivity index (χ4n) is 2.61. The van der Waals surface area contributed by atoms with Gasteiger partial charge in [0.05, 0.1) is 17.0 Å². The third kappa shape index (κ3) is 3.06. The lowest BCUT2D eigenvalue weighted by atomic mass is 9.84. The predicted octanol–water partition coefficient (Wildman–Crippen LogP) is 3.03. The number of pyridine rings is 1. The first kappa shape index (κ1) is 16.9. The predicted molar refractivity (Wildman–Crippen MR) is 92.7 cm³/mol. The van der Waals surface area contributed by atoms with Crippen LogP contribution in [0.25, 0.3) is 11.0 Å². The Balaban J connectivity index is 1.87. The molecule has 0 aliphatic heterocycles. The number of nitrogens with zero attached hydrogens (tertiary/aromatic N) is 3. The minimum Gasteiger partial charge on any atom is -0.456 e. The topological polar surface area (TPSA) is 89.3 Å². The highest BCUT2D eigenvalue weighted by Crippen LogP contribution is 2.30. The first-order valence-corrected chi connectivity index (χ1v) is 8.00. The molecule has 0 unspecified atom stereocenters. The number of carbonyl (C=O) groups excluding carboxylic acids is 1. The fourth-order valence-corrected chi connectivity index (χ4v) is 2.61. The highest BCUT2D eigenvalue weighted by atomic mass is 16.5. The standard InChI is InChI=1S/C18H20N4O3/c1-4-22-16-14(11-20-22)15(9-10-19-16)25-13-7-5-12(6-8-13)18(2,3)17(23)21-24/h5-11,24H,4H2,1-3H3,(H,21,23). The zero-order chi connectivity index (χ0) is 18.0. The Morgan fingerprint density at radius 2 is 2.00 bits per heavy atom. The lowest BCUT2D eigenvalue weighted by Crippen LogP contribution is -2.38. The van der Waals surface area contributed by atoms with Crippen LogP contribution in [0.2, 0.25) is 0 Å². The number of hydrogen-bond donors (Lipinski definition) is 2. The summed E-state index contributed by atoms with van der Waals surface area (Å²) in [6.07, 6.45) is 3.43. The van der Waals surface area contributed by atoms with Gasteiger partial charge in [0.25, 0.3) is 5.91 Å². The number of nitrogens with one attached hydrogen (secondary N) is 1. The first-order valence-electron chi connectivity index (χ1n) is 8.00. The third-order valence-corrected chi connectivity index (χ3v) is 4.27. The van der Waals surface area contributed by atoms with Crippen molar-refractivity contribution in [1.82, 2.24) is 20.2 Å². The van der Waals surface area contributed by atoms with E-state index < -0.39 is 11.3 Å². The summed E-state index contributed by atoms with van der Waals surface area (Å²) in [4.78, 5) is 16.1. The summed E-state index contributed by atoms with van der Waals surface area (Å²) in [5.41, 5.74) is 2.40. The van der Waals surface area contributed by atoms with Crippen molar-refractivity contribution >= 4 is 16.9 Å². The molecule has 0 saturated heterocycles. The molecule has 0 aliphatic carbocycles. The molecule has 3 rings (SSSR count). The van der Waals surface area contributed by atoms with E-state index in [1.807, 2.05) is 6.92 Å².